The Morgan fingerprint density at radius 2 is 2.00 bits per heavy atom. The molecule has 0 radical (unpaired) electrons. The molecule has 68 valence electrons. The minimum atomic E-state index is -1.39. The monoisotopic (exact) mass is 179 g/mol. The summed E-state index contributed by atoms with van der Waals surface area (Å²) in [6.45, 7) is 0.407. The molecule has 1 aromatic rings. The topological polar surface area (TPSA) is 29.1 Å². The van der Waals surface area contributed by atoms with Crippen molar-refractivity contribution >= 4 is 5.91 Å². The quantitative estimate of drug-likeness (QED) is 0.690. The van der Waals surface area contributed by atoms with Crippen molar-refractivity contribution in [3.8, 4) is 0 Å². The molecular weight excluding hydrogens is 169 g/mol. The molecule has 0 bridgehead atoms. The Balaban J connectivity index is 2.24. The molecule has 2 nitrogen and oxygen atoms in total. The number of benzene rings is 1. The van der Waals surface area contributed by atoms with E-state index in [2.05, 4.69) is 5.32 Å². The van der Waals surface area contributed by atoms with Gasteiger partial charge in [0.2, 0.25) is 0 Å². The normalized spacial score (nSPS) is 27.3. The Hall–Kier alpha value is -1.38. The van der Waals surface area contributed by atoms with Crippen LogP contribution in [0.3, 0.4) is 0 Å². The average molecular weight is 179 g/mol. The second kappa shape index (κ2) is 3.17. The van der Waals surface area contributed by atoms with Gasteiger partial charge in [0.1, 0.15) is 0 Å². The second-order valence-electron chi connectivity index (χ2n) is 3.16. The summed E-state index contributed by atoms with van der Waals surface area (Å²) in [6, 6.07) is 9.27. The van der Waals surface area contributed by atoms with Gasteiger partial charge in [-0.05, 0) is 5.56 Å². The van der Waals surface area contributed by atoms with E-state index in [9.17, 15) is 9.18 Å². The maximum Gasteiger partial charge on any atom is 0.255 e. The maximum atomic E-state index is 13.3. The first-order chi connectivity index (χ1) is 6.29. The lowest BCUT2D eigenvalue weighted by Crippen LogP contribution is -2.20. The van der Waals surface area contributed by atoms with Crippen LogP contribution in [0.15, 0.2) is 30.3 Å². The van der Waals surface area contributed by atoms with Crippen LogP contribution in [0.5, 0.6) is 0 Å². The zero-order chi connectivity index (χ0) is 9.26. The Morgan fingerprint density at radius 3 is 2.54 bits per heavy atom. The summed E-state index contributed by atoms with van der Waals surface area (Å²) < 4.78 is 13.3. The first-order valence-corrected chi connectivity index (χ1v) is 4.26. The van der Waals surface area contributed by atoms with Gasteiger partial charge in [0.05, 0.1) is 0 Å². The van der Waals surface area contributed by atoms with Crippen molar-refractivity contribution in [3.63, 3.8) is 0 Å². The van der Waals surface area contributed by atoms with Crippen LogP contribution in [-0.4, -0.2) is 18.6 Å². The van der Waals surface area contributed by atoms with Crippen molar-refractivity contribution in [1.29, 1.82) is 0 Å². The fourth-order valence-electron chi connectivity index (χ4n) is 1.58. The Bertz CT molecular complexity index is 312. The van der Waals surface area contributed by atoms with Gasteiger partial charge < -0.3 is 5.32 Å². The van der Waals surface area contributed by atoms with Gasteiger partial charge in [-0.1, -0.05) is 30.3 Å². The molecule has 13 heavy (non-hydrogen) atoms. The summed E-state index contributed by atoms with van der Waals surface area (Å²) in [5, 5.41) is 2.50. The fourth-order valence-corrected chi connectivity index (χ4v) is 1.58. The third-order valence-corrected chi connectivity index (χ3v) is 2.33. The van der Waals surface area contributed by atoms with Crippen molar-refractivity contribution < 1.29 is 9.18 Å². The van der Waals surface area contributed by atoms with E-state index in [0.29, 0.717) is 6.54 Å². The number of carbonyl (C=O) groups excluding carboxylic acids is 1. The average Bonchev–Trinajstić information content (AvgIpc) is 2.49. The molecule has 0 aliphatic carbocycles. The molecule has 1 fully saturated rings. The van der Waals surface area contributed by atoms with Gasteiger partial charge in [-0.25, -0.2) is 4.39 Å². The summed E-state index contributed by atoms with van der Waals surface area (Å²) in [4.78, 5) is 10.9. The van der Waals surface area contributed by atoms with Crippen molar-refractivity contribution in [2.24, 2.45) is 0 Å². The van der Waals surface area contributed by atoms with E-state index in [1.165, 1.54) is 0 Å². The van der Waals surface area contributed by atoms with Crippen LogP contribution in [0, 0.1) is 0 Å². The van der Waals surface area contributed by atoms with Gasteiger partial charge in [0.25, 0.3) is 5.91 Å². The van der Waals surface area contributed by atoms with Gasteiger partial charge in [-0.15, -0.1) is 0 Å². The lowest BCUT2D eigenvalue weighted by molar-refractivity contribution is -0.123. The number of alkyl halides is 1. The van der Waals surface area contributed by atoms with E-state index in [4.69, 9.17) is 0 Å². The molecule has 2 rings (SSSR count). The van der Waals surface area contributed by atoms with Crippen molar-refractivity contribution in [2.75, 3.05) is 6.54 Å². The molecule has 1 N–H and O–H groups in total. The predicted molar refractivity (Wildman–Crippen MR) is 47.1 cm³/mol. The summed E-state index contributed by atoms with van der Waals surface area (Å²) >= 11 is 0. The number of halogens is 1. The molecule has 1 aliphatic heterocycles. The molecule has 1 saturated heterocycles. The van der Waals surface area contributed by atoms with Crippen LogP contribution < -0.4 is 5.32 Å². The highest BCUT2D eigenvalue weighted by molar-refractivity contribution is 5.84. The minimum Gasteiger partial charge on any atom is -0.353 e. The highest BCUT2D eigenvalue weighted by Crippen LogP contribution is 2.25. The summed E-state index contributed by atoms with van der Waals surface area (Å²) in [5.41, 5.74) is 0.883. The van der Waals surface area contributed by atoms with E-state index in [0.717, 1.165) is 5.56 Å². The SMILES string of the molecule is O=C1NC[C@@H](c2ccccc2)[C@@H]1F. The molecule has 1 amide bonds. The van der Waals surface area contributed by atoms with E-state index < -0.39 is 12.1 Å². The number of amides is 1. The molecule has 0 saturated carbocycles. The molecule has 2 atom stereocenters. The maximum absolute atomic E-state index is 13.3. The molecule has 3 heteroatoms. The fraction of sp³-hybridized carbons (Fsp3) is 0.300. The predicted octanol–water partition coefficient (Wildman–Crippen LogP) is 1.24. The number of hydrogen-bond acceptors (Lipinski definition) is 1. The van der Waals surface area contributed by atoms with Gasteiger partial charge in [-0.2, -0.15) is 0 Å². The van der Waals surface area contributed by atoms with E-state index in [1.54, 1.807) is 0 Å². The Morgan fingerprint density at radius 1 is 1.31 bits per heavy atom. The summed E-state index contributed by atoms with van der Waals surface area (Å²) in [7, 11) is 0. The highest BCUT2D eigenvalue weighted by atomic mass is 19.1. The third-order valence-electron chi connectivity index (χ3n) is 2.33. The number of carbonyl (C=O) groups is 1. The highest BCUT2D eigenvalue weighted by Gasteiger charge is 2.35. The van der Waals surface area contributed by atoms with E-state index in [1.807, 2.05) is 30.3 Å². The van der Waals surface area contributed by atoms with Crippen LogP contribution in [0.2, 0.25) is 0 Å². The van der Waals surface area contributed by atoms with Crippen LogP contribution in [0.1, 0.15) is 11.5 Å². The third kappa shape index (κ3) is 1.41. The first kappa shape index (κ1) is 8.23. The smallest absolute Gasteiger partial charge is 0.255 e. The summed E-state index contributed by atoms with van der Waals surface area (Å²) in [6.07, 6.45) is -1.39. The van der Waals surface area contributed by atoms with Gasteiger partial charge in [-0.3, -0.25) is 4.79 Å². The standard InChI is InChI=1S/C10H10FNO/c11-9-8(6-12-10(9)13)7-4-2-1-3-5-7/h1-5,8-9H,6H2,(H,12,13)/t8-,9-/m0/s1. The zero-order valence-corrected chi connectivity index (χ0v) is 7.03. The Labute approximate surface area is 75.8 Å². The lowest BCUT2D eigenvalue weighted by Gasteiger charge is -2.09. The molecule has 0 spiro atoms. The van der Waals surface area contributed by atoms with E-state index >= 15 is 0 Å². The summed E-state index contributed by atoms with van der Waals surface area (Å²) in [5.74, 6) is -0.803. The van der Waals surface area contributed by atoms with Crippen molar-refractivity contribution in [3.05, 3.63) is 35.9 Å². The van der Waals surface area contributed by atoms with Gasteiger partial charge in [0, 0.05) is 12.5 Å². The molecule has 0 aromatic heterocycles. The molecule has 1 heterocycles. The molecule has 0 unspecified atom stereocenters. The lowest BCUT2D eigenvalue weighted by atomic mass is 9.97. The second-order valence-corrected chi connectivity index (χ2v) is 3.16. The van der Waals surface area contributed by atoms with Crippen LogP contribution >= 0.6 is 0 Å². The molecule has 1 aromatic carbocycles. The number of nitrogens with one attached hydrogen (secondary N) is 1. The minimum absolute atomic E-state index is 0.311. The van der Waals surface area contributed by atoms with E-state index in [-0.39, 0.29) is 5.92 Å². The van der Waals surface area contributed by atoms with Crippen LogP contribution in [0.4, 0.5) is 4.39 Å². The van der Waals surface area contributed by atoms with Crippen LogP contribution in [0.25, 0.3) is 0 Å². The van der Waals surface area contributed by atoms with Crippen LogP contribution in [-0.2, 0) is 4.79 Å². The largest absolute Gasteiger partial charge is 0.353 e. The first-order valence-electron chi connectivity index (χ1n) is 4.26. The van der Waals surface area contributed by atoms with Crippen molar-refractivity contribution in [1.82, 2.24) is 5.32 Å². The zero-order valence-electron chi connectivity index (χ0n) is 7.03. The Kier molecular flexibility index (Phi) is 2.00. The van der Waals surface area contributed by atoms with Gasteiger partial charge >= 0.3 is 0 Å². The van der Waals surface area contributed by atoms with Gasteiger partial charge in [0.15, 0.2) is 6.17 Å². The van der Waals surface area contributed by atoms with Crippen molar-refractivity contribution in [2.45, 2.75) is 12.1 Å². The number of hydrogen-bond donors (Lipinski definition) is 1. The number of rotatable bonds is 1. The molecular formula is C10H10FNO. The molecule has 1 aliphatic rings.